The Morgan fingerprint density at radius 1 is 1.20 bits per heavy atom. The van der Waals surface area contributed by atoms with E-state index in [0.717, 1.165) is 0 Å². The van der Waals surface area contributed by atoms with Crippen molar-refractivity contribution in [2.75, 3.05) is 0 Å². The van der Waals surface area contributed by atoms with Gasteiger partial charge >= 0.3 is 0 Å². The van der Waals surface area contributed by atoms with Gasteiger partial charge in [-0.25, -0.2) is 0 Å². The first-order chi connectivity index (χ1) is 2.00. The van der Waals surface area contributed by atoms with E-state index in [1.54, 1.807) is 0 Å². The minimum absolute atomic E-state index is 0.500. The van der Waals surface area contributed by atoms with Crippen LogP contribution in [-0.4, -0.2) is 23.5 Å². The predicted molar refractivity (Wildman–Crippen MR) is 34.0 cm³/mol. The molecule has 0 heterocycles. The topological polar surface area (TPSA) is 0 Å². The molecule has 0 rings (SSSR count). The van der Waals surface area contributed by atoms with Crippen LogP contribution in [0.1, 0.15) is 6.92 Å². The summed E-state index contributed by atoms with van der Waals surface area (Å²) < 4.78 is 0. The second-order valence-corrected chi connectivity index (χ2v) is 3.00. The fourth-order valence-corrected chi connectivity index (χ4v) is 0. The second-order valence-electron chi connectivity index (χ2n) is 3.00. The Labute approximate surface area is 36.6 Å². The highest BCUT2D eigenvalue weighted by atomic mass is 13.7. The molecule has 0 atom stereocenters. The quantitative estimate of drug-likeness (QED) is 0.286. The van der Waals surface area contributed by atoms with E-state index in [4.69, 9.17) is 0 Å². The smallest absolute Gasteiger partial charge is 0.0906 e. The van der Waals surface area contributed by atoms with Crippen molar-refractivity contribution < 1.29 is 0 Å². The molecule has 0 aliphatic carbocycles. The van der Waals surface area contributed by atoms with Crippen LogP contribution in [-0.2, 0) is 0 Å². The maximum Gasteiger partial charge on any atom is 0.0906 e. The van der Waals surface area contributed by atoms with E-state index in [0.29, 0.717) is 5.11 Å². The lowest BCUT2D eigenvalue weighted by atomic mass is 9.44. The number of hydrogen-bond donors (Lipinski definition) is 0. The van der Waals surface area contributed by atoms with Gasteiger partial charge < -0.3 is 0 Å². The molecule has 0 fully saturated rings. The van der Waals surface area contributed by atoms with Gasteiger partial charge in [0, 0.05) is 0 Å². The van der Waals surface area contributed by atoms with Crippen molar-refractivity contribution >= 4 is 23.5 Å². The molecule has 0 N–H and O–H groups in total. The summed E-state index contributed by atoms with van der Waals surface area (Å²) >= 11 is 0. The van der Waals surface area contributed by atoms with Crippen LogP contribution in [0.4, 0.5) is 0 Å². The van der Waals surface area contributed by atoms with Crippen molar-refractivity contribution in [3.05, 3.63) is 0 Å². The molecule has 0 spiro atoms. The lowest BCUT2D eigenvalue weighted by Gasteiger charge is -2.03. The van der Waals surface area contributed by atoms with Gasteiger partial charge in [-0.3, -0.25) is 0 Å². The largest absolute Gasteiger partial charge is 0.114 e. The van der Waals surface area contributed by atoms with Gasteiger partial charge in [0.25, 0.3) is 0 Å². The van der Waals surface area contributed by atoms with Gasteiger partial charge in [0.1, 0.15) is 0 Å². The van der Waals surface area contributed by atoms with Crippen LogP contribution in [0.25, 0.3) is 0 Å². The molecule has 5 heavy (non-hydrogen) atoms. The Bertz CT molecular complexity index is 20.4. The van der Waals surface area contributed by atoms with Gasteiger partial charge in [-0.05, 0) is 0 Å². The summed E-state index contributed by atoms with van der Waals surface area (Å²) in [5.74, 6) is 0. The summed E-state index contributed by atoms with van der Waals surface area (Å²) in [6, 6.07) is 0. The molecule has 0 saturated heterocycles. The van der Waals surface area contributed by atoms with Crippen LogP contribution in [0.5, 0.6) is 0 Å². The highest BCUT2D eigenvalue weighted by Crippen LogP contribution is 2.01. The molecule has 0 nitrogen and oxygen atoms in total. The zero-order valence-corrected chi connectivity index (χ0v) is 4.50. The Balaban J connectivity index is 3.02. The van der Waals surface area contributed by atoms with Crippen molar-refractivity contribution in [3.63, 3.8) is 0 Å². The highest BCUT2D eigenvalue weighted by Gasteiger charge is 1.97. The molecule has 0 unspecified atom stereocenters. The third-order valence-corrected chi connectivity index (χ3v) is 0. The Kier molecular flexibility index (Phi) is 1.16. The molecule has 0 aliphatic heterocycles. The molecule has 0 aromatic rings. The SMILES string of the molecule is BC(B)(B)C. The fourth-order valence-electron chi connectivity index (χ4n) is 0. The molecule has 3 heteroatoms. The number of hydrogen-bond acceptors (Lipinski definition) is 0. The standard InChI is InChI=1S/C2H9B3/c1-2(3,4)5/h3-5H2,1H3. The minimum atomic E-state index is 0.500. The first kappa shape index (κ1) is 5.19. The van der Waals surface area contributed by atoms with Crippen molar-refractivity contribution in [3.8, 4) is 0 Å². The molecule has 0 saturated carbocycles. The van der Waals surface area contributed by atoms with Crippen molar-refractivity contribution in [2.24, 2.45) is 0 Å². The Morgan fingerprint density at radius 3 is 1.20 bits per heavy atom. The fraction of sp³-hybridized carbons (Fsp3) is 1.00. The third kappa shape index (κ3) is 532. The van der Waals surface area contributed by atoms with E-state index >= 15 is 0 Å². The average Bonchev–Trinajstić information content (AvgIpc) is 0.722. The van der Waals surface area contributed by atoms with Crippen molar-refractivity contribution in [1.82, 2.24) is 0 Å². The van der Waals surface area contributed by atoms with Gasteiger partial charge in [-0.2, -0.15) is 0 Å². The normalized spacial score (nSPS) is 11.4. The molecular weight excluding hydrogens is 56.5 g/mol. The van der Waals surface area contributed by atoms with Crippen LogP contribution >= 0.6 is 0 Å². The van der Waals surface area contributed by atoms with E-state index in [9.17, 15) is 0 Å². The zero-order valence-electron chi connectivity index (χ0n) is 4.50. The summed E-state index contributed by atoms with van der Waals surface area (Å²) in [4.78, 5) is 0. The summed E-state index contributed by atoms with van der Waals surface area (Å²) in [6.07, 6.45) is 0. The monoisotopic (exact) mass is 66.1 g/mol. The van der Waals surface area contributed by atoms with E-state index < -0.39 is 0 Å². The van der Waals surface area contributed by atoms with Crippen LogP contribution in [0.15, 0.2) is 0 Å². The van der Waals surface area contributed by atoms with Crippen molar-refractivity contribution in [1.29, 1.82) is 0 Å². The van der Waals surface area contributed by atoms with Crippen LogP contribution < -0.4 is 0 Å². The highest BCUT2D eigenvalue weighted by molar-refractivity contribution is 6.58. The summed E-state index contributed by atoms with van der Waals surface area (Å²) in [5, 5.41) is 0.500. The van der Waals surface area contributed by atoms with Gasteiger partial charge in [-0.15, -0.1) is 5.11 Å². The van der Waals surface area contributed by atoms with E-state index in [1.165, 1.54) is 0 Å². The molecule has 0 aromatic heterocycles. The molecule has 0 aromatic carbocycles. The zero-order chi connectivity index (χ0) is 4.50. The molecule has 0 radical (unpaired) electrons. The van der Waals surface area contributed by atoms with Gasteiger partial charge in [0.15, 0.2) is 0 Å². The Morgan fingerprint density at radius 2 is 1.20 bits per heavy atom. The average molecular weight is 65.5 g/mol. The third-order valence-electron chi connectivity index (χ3n) is 0. The Hall–Kier alpha value is 0.195. The lowest BCUT2D eigenvalue weighted by molar-refractivity contribution is 1.24. The van der Waals surface area contributed by atoms with Gasteiger partial charge in [-0.1, -0.05) is 6.92 Å². The van der Waals surface area contributed by atoms with Crippen LogP contribution in [0.3, 0.4) is 0 Å². The summed E-state index contributed by atoms with van der Waals surface area (Å²) in [6.45, 7) is 2.19. The predicted octanol–water partition coefficient (Wildman–Crippen LogP) is -2.02. The molecule has 0 bridgehead atoms. The van der Waals surface area contributed by atoms with E-state index in [2.05, 4.69) is 30.5 Å². The molecule has 0 aliphatic rings. The second kappa shape index (κ2) is 1.12. The maximum atomic E-state index is 2.19. The van der Waals surface area contributed by atoms with Gasteiger partial charge in [0.05, 0.1) is 23.5 Å². The van der Waals surface area contributed by atoms with Gasteiger partial charge in [0.2, 0.25) is 0 Å². The molecule has 0 amide bonds. The summed E-state index contributed by atoms with van der Waals surface area (Å²) in [5.41, 5.74) is 0. The minimum Gasteiger partial charge on any atom is -0.114 e. The van der Waals surface area contributed by atoms with E-state index in [1.807, 2.05) is 0 Å². The molecule has 26 valence electrons. The summed E-state index contributed by atoms with van der Waals surface area (Å²) in [7, 11) is 6.56. The van der Waals surface area contributed by atoms with Crippen LogP contribution in [0, 0.1) is 0 Å². The maximum absolute atomic E-state index is 2.19. The number of rotatable bonds is 0. The lowest BCUT2D eigenvalue weighted by Crippen LogP contribution is -2.04. The van der Waals surface area contributed by atoms with Crippen molar-refractivity contribution in [2.45, 2.75) is 12.0 Å². The van der Waals surface area contributed by atoms with Crippen LogP contribution in [0.2, 0.25) is 5.11 Å². The first-order valence-electron chi connectivity index (χ1n) is 2.00. The van der Waals surface area contributed by atoms with E-state index in [-0.39, 0.29) is 0 Å². The first-order valence-corrected chi connectivity index (χ1v) is 2.00. The molecular formula is C2H9B3.